The molecule has 0 aromatic heterocycles. The van der Waals surface area contributed by atoms with Gasteiger partial charge in [0.2, 0.25) is 10.0 Å². The number of aryl methyl sites for hydroxylation is 1. The Labute approximate surface area is 114 Å². The van der Waals surface area contributed by atoms with Crippen LogP contribution in [0.15, 0.2) is 23.1 Å². The molecule has 3 N–H and O–H groups in total. The van der Waals surface area contributed by atoms with E-state index in [2.05, 4.69) is 0 Å². The lowest BCUT2D eigenvalue weighted by molar-refractivity contribution is 0.0629. The van der Waals surface area contributed by atoms with E-state index in [1.165, 1.54) is 4.31 Å². The summed E-state index contributed by atoms with van der Waals surface area (Å²) in [4.78, 5) is 0.154. The number of nitrogen functional groups attached to an aromatic ring is 1. The average molecular weight is 284 g/mol. The minimum atomic E-state index is -3.57. The lowest BCUT2D eigenvalue weighted by Crippen LogP contribution is -2.45. The summed E-state index contributed by atoms with van der Waals surface area (Å²) in [6.07, 6.45) is 0.0356. The van der Waals surface area contributed by atoms with Crippen LogP contribution in [0, 0.1) is 12.8 Å². The van der Waals surface area contributed by atoms with Crippen LogP contribution in [0.25, 0.3) is 0 Å². The van der Waals surface area contributed by atoms with Gasteiger partial charge in [-0.1, -0.05) is 13.0 Å². The van der Waals surface area contributed by atoms with Crippen molar-refractivity contribution in [2.24, 2.45) is 5.92 Å². The first kappa shape index (κ1) is 14.3. The van der Waals surface area contributed by atoms with Gasteiger partial charge >= 0.3 is 0 Å². The first-order chi connectivity index (χ1) is 8.82. The Balaban J connectivity index is 2.32. The van der Waals surface area contributed by atoms with E-state index in [1.54, 1.807) is 18.2 Å². The Morgan fingerprint density at radius 2 is 2.11 bits per heavy atom. The van der Waals surface area contributed by atoms with E-state index < -0.39 is 16.1 Å². The second kappa shape index (κ2) is 5.11. The highest BCUT2D eigenvalue weighted by Gasteiger charge is 2.33. The van der Waals surface area contributed by atoms with Gasteiger partial charge in [0.15, 0.2) is 0 Å². The second-order valence-electron chi connectivity index (χ2n) is 5.24. The SMILES string of the molecule is Cc1ccc(S(=O)(=O)N2CCC(O)C(C)C2)c(N)c1. The van der Waals surface area contributed by atoms with Crippen molar-refractivity contribution >= 4 is 15.7 Å². The quantitative estimate of drug-likeness (QED) is 0.793. The maximum Gasteiger partial charge on any atom is 0.245 e. The minimum Gasteiger partial charge on any atom is -0.398 e. The van der Waals surface area contributed by atoms with E-state index in [-0.39, 0.29) is 16.5 Å². The fourth-order valence-electron chi connectivity index (χ4n) is 2.36. The molecule has 0 spiro atoms. The molecule has 6 heteroatoms. The molecule has 1 saturated heterocycles. The molecule has 5 nitrogen and oxygen atoms in total. The lowest BCUT2D eigenvalue weighted by atomic mass is 9.99. The number of aliphatic hydroxyl groups excluding tert-OH is 1. The molecule has 0 saturated carbocycles. The van der Waals surface area contributed by atoms with E-state index in [0.29, 0.717) is 19.5 Å². The molecule has 0 bridgehead atoms. The normalized spacial score (nSPS) is 25.4. The summed E-state index contributed by atoms with van der Waals surface area (Å²) in [7, 11) is -3.57. The predicted octanol–water partition coefficient (Wildman–Crippen LogP) is 0.969. The number of benzene rings is 1. The zero-order valence-corrected chi connectivity index (χ0v) is 12.0. The molecule has 19 heavy (non-hydrogen) atoms. The Hall–Kier alpha value is -1.11. The van der Waals surface area contributed by atoms with Crippen LogP contribution in [-0.4, -0.2) is 37.0 Å². The van der Waals surface area contributed by atoms with E-state index >= 15 is 0 Å². The van der Waals surface area contributed by atoms with Gasteiger partial charge in [-0.2, -0.15) is 4.31 Å². The Morgan fingerprint density at radius 1 is 1.42 bits per heavy atom. The van der Waals surface area contributed by atoms with Gasteiger partial charge in [-0.15, -0.1) is 0 Å². The Kier molecular flexibility index (Phi) is 3.85. The van der Waals surface area contributed by atoms with Crippen LogP contribution in [0.3, 0.4) is 0 Å². The molecule has 1 aromatic carbocycles. The fraction of sp³-hybridized carbons (Fsp3) is 0.538. The minimum absolute atomic E-state index is 0.0600. The number of aliphatic hydroxyl groups is 1. The number of hydrogen-bond acceptors (Lipinski definition) is 4. The number of piperidine rings is 1. The van der Waals surface area contributed by atoms with Gasteiger partial charge in [-0.3, -0.25) is 0 Å². The van der Waals surface area contributed by atoms with Crippen molar-refractivity contribution < 1.29 is 13.5 Å². The standard InChI is InChI=1S/C13H20N2O3S/c1-9-3-4-13(11(14)7-9)19(17,18)15-6-5-12(16)10(2)8-15/h3-4,7,10,12,16H,5-6,8,14H2,1-2H3. The van der Waals surface area contributed by atoms with Crippen LogP contribution >= 0.6 is 0 Å². The summed E-state index contributed by atoms with van der Waals surface area (Å²) < 4.78 is 26.5. The molecule has 2 atom stereocenters. The zero-order chi connectivity index (χ0) is 14.2. The van der Waals surface area contributed by atoms with Crippen LogP contribution < -0.4 is 5.73 Å². The average Bonchev–Trinajstić information content (AvgIpc) is 2.32. The van der Waals surface area contributed by atoms with Crippen molar-refractivity contribution in [3.8, 4) is 0 Å². The van der Waals surface area contributed by atoms with Gasteiger partial charge in [0.1, 0.15) is 4.90 Å². The van der Waals surface area contributed by atoms with Crippen molar-refractivity contribution in [2.75, 3.05) is 18.8 Å². The summed E-state index contributed by atoms with van der Waals surface area (Å²) in [6, 6.07) is 4.95. The van der Waals surface area contributed by atoms with Crippen LogP contribution in [0.2, 0.25) is 0 Å². The maximum absolute atomic E-state index is 12.5. The summed E-state index contributed by atoms with van der Waals surface area (Å²) in [5.41, 5.74) is 7.03. The van der Waals surface area contributed by atoms with E-state index in [1.807, 2.05) is 13.8 Å². The third-order valence-electron chi connectivity index (χ3n) is 3.61. The van der Waals surface area contributed by atoms with Gasteiger partial charge in [0.05, 0.1) is 11.8 Å². The summed E-state index contributed by atoms with van der Waals surface area (Å²) in [5.74, 6) is -0.0600. The molecular formula is C13H20N2O3S. The third-order valence-corrected chi connectivity index (χ3v) is 5.54. The molecule has 2 unspecified atom stereocenters. The highest BCUT2D eigenvalue weighted by atomic mass is 32.2. The highest BCUT2D eigenvalue weighted by Crippen LogP contribution is 2.27. The highest BCUT2D eigenvalue weighted by molar-refractivity contribution is 7.89. The fourth-order valence-corrected chi connectivity index (χ4v) is 4.01. The first-order valence-electron chi connectivity index (χ1n) is 6.36. The molecule has 1 aliphatic rings. The van der Waals surface area contributed by atoms with Crippen LogP contribution in [0.5, 0.6) is 0 Å². The van der Waals surface area contributed by atoms with Crippen LogP contribution in [0.1, 0.15) is 18.9 Å². The molecule has 1 fully saturated rings. The number of anilines is 1. The van der Waals surface area contributed by atoms with Crippen molar-refractivity contribution in [2.45, 2.75) is 31.3 Å². The maximum atomic E-state index is 12.5. The van der Waals surface area contributed by atoms with Crippen molar-refractivity contribution in [1.82, 2.24) is 4.31 Å². The Bertz CT molecular complexity index is 571. The number of sulfonamides is 1. The van der Waals surface area contributed by atoms with Crippen LogP contribution in [0.4, 0.5) is 5.69 Å². The largest absolute Gasteiger partial charge is 0.398 e. The molecule has 0 aliphatic carbocycles. The molecule has 0 radical (unpaired) electrons. The molecule has 0 amide bonds. The smallest absolute Gasteiger partial charge is 0.245 e. The van der Waals surface area contributed by atoms with Gasteiger partial charge in [-0.25, -0.2) is 8.42 Å². The molecule has 1 heterocycles. The van der Waals surface area contributed by atoms with E-state index in [9.17, 15) is 13.5 Å². The van der Waals surface area contributed by atoms with Crippen LogP contribution in [-0.2, 0) is 10.0 Å². The monoisotopic (exact) mass is 284 g/mol. The number of nitrogens with two attached hydrogens (primary N) is 1. The van der Waals surface area contributed by atoms with E-state index in [4.69, 9.17) is 5.73 Å². The second-order valence-corrected chi connectivity index (χ2v) is 7.14. The summed E-state index contributed by atoms with van der Waals surface area (Å²) >= 11 is 0. The molecule has 106 valence electrons. The van der Waals surface area contributed by atoms with Crippen molar-refractivity contribution in [1.29, 1.82) is 0 Å². The zero-order valence-electron chi connectivity index (χ0n) is 11.2. The van der Waals surface area contributed by atoms with Crippen molar-refractivity contribution in [3.63, 3.8) is 0 Å². The molecule has 1 aliphatic heterocycles. The predicted molar refractivity (Wildman–Crippen MR) is 74.1 cm³/mol. The lowest BCUT2D eigenvalue weighted by Gasteiger charge is -2.33. The number of nitrogens with zero attached hydrogens (tertiary/aromatic N) is 1. The number of rotatable bonds is 2. The van der Waals surface area contributed by atoms with Gasteiger partial charge < -0.3 is 10.8 Å². The van der Waals surface area contributed by atoms with Gasteiger partial charge in [0.25, 0.3) is 0 Å². The topological polar surface area (TPSA) is 83.6 Å². The molecule has 1 aromatic rings. The summed E-state index contributed by atoms with van der Waals surface area (Å²) in [5, 5.41) is 9.68. The summed E-state index contributed by atoms with van der Waals surface area (Å²) in [6.45, 7) is 4.38. The first-order valence-corrected chi connectivity index (χ1v) is 7.80. The molecule has 2 rings (SSSR count). The Morgan fingerprint density at radius 3 is 2.68 bits per heavy atom. The van der Waals surface area contributed by atoms with E-state index in [0.717, 1.165) is 5.56 Å². The van der Waals surface area contributed by atoms with Gasteiger partial charge in [-0.05, 0) is 37.0 Å². The molecular weight excluding hydrogens is 264 g/mol. The number of hydrogen-bond donors (Lipinski definition) is 2. The van der Waals surface area contributed by atoms with Crippen molar-refractivity contribution in [3.05, 3.63) is 23.8 Å². The van der Waals surface area contributed by atoms with Gasteiger partial charge in [0, 0.05) is 13.1 Å². The third kappa shape index (κ3) is 2.75.